The van der Waals surface area contributed by atoms with E-state index in [0.717, 1.165) is 11.3 Å². The molecule has 0 nitrogen and oxygen atoms in total. The number of hydrogen-bond donors (Lipinski definition) is 0. The lowest BCUT2D eigenvalue weighted by atomic mass is 10.5. The Balaban J connectivity index is 3.46. The van der Waals surface area contributed by atoms with Crippen molar-refractivity contribution in [1.82, 2.24) is 0 Å². The standard InChI is InChI=1S/C7H17P/c1-6(2)8(5)7(3)4/h6-7H,1-5H3/p+1. The van der Waals surface area contributed by atoms with Crippen molar-refractivity contribution in [3.05, 3.63) is 0 Å². The fourth-order valence-electron chi connectivity index (χ4n) is 0.667. The fraction of sp³-hybridized carbons (Fsp3) is 1.00. The summed E-state index contributed by atoms with van der Waals surface area (Å²) < 4.78 is 0. The molecule has 0 saturated carbocycles. The van der Waals surface area contributed by atoms with Gasteiger partial charge in [-0.15, -0.1) is 0 Å². The van der Waals surface area contributed by atoms with Crippen LogP contribution in [-0.4, -0.2) is 18.0 Å². The van der Waals surface area contributed by atoms with Gasteiger partial charge in [-0.05, 0) is 27.7 Å². The van der Waals surface area contributed by atoms with Crippen LogP contribution in [0.5, 0.6) is 0 Å². The average molecular weight is 133 g/mol. The molecule has 0 aromatic rings. The lowest BCUT2D eigenvalue weighted by molar-refractivity contribution is 1.01. The lowest BCUT2D eigenvalue weighted by Gasteiger charge is -2.11. The minimum atomic E-state index is -0.0237. The number of rotatable bonds is 2. The minimum absolute atomic E-state index is 0.0237. The second-order valence-electron chi connectivity index (χ2n) is 3.05. The molecular formula is C7H18P+. The SMILES string of the molecule is CC(C)[PH+](C)C(C)C. The van der Waals surface area contributed by atoms with Crippen LogP contribution in [0.3, 0.4) is 0 Å². The van der Waals surface area contributed by atoms with Gasteiger partial charge in [-0.2, -0.15) is 0 Å². The van der Waals surface area contributed by atoms with Crippen molar-refractivity contribution >= 4 is 7.92 Å². The third-order valence-electron chi connectivity index (χ3n) is 1.82. The zero-order valence-corrected chi connectivity index (χ0v) is 7.65. The van der Waals surface area contributed by atoms with Gasteiger partial charge in [-0.25, -0.2) is 0 Å². The van der Waals surface area contributed by atoms with E-state index in [1.165, 1.54) is 0 Å². The molecule has 0 radical (unpaired) electrons. The summed E-state index contributed by atoms with van der Waals surface area (Å²) in [5.74, 6) is 0. The molecule has 0 atom stereocenters. The molecule has 0 fully saturated rings. The molecule has 0 bridgehead atoms. The van der Waals surface area contributed by atoms with E-state index in [1.54, 1.807) is 0 Å². The van der Waals surface area contributed by atoms with Crippen LogP contribution in [0, 0.1) is 0 Å². The van der Waals surface area contributed by atoms with E-state index in [-0.39, 0.29) is 7.92 Å². The molecule has 8 heavy (non-hydrogen) atoms. The van der Waals surface area contributed by atoms with Gasteiger partial charge in [-0.3, -0.25) is 0 Å². The van der Waals surface area contributed by atoms with Gasteiger partial charge >= 0.3 is 0 Å². The maximum absolute atomic E-state index is 2.42. The molecular weight excluding hydrogens is 115 g/mol. The summed E-state index contributed by atoms with van der Waals surface area (Å²) >= 11 is 0. The first-order valence-electron chi connectivity index (χ1n) is 3.39. The Morgan fingerprint density at radius 3 is 1.12 bits per heavy atom. The maximum Gasteiger partial charge on any atom is 0.0619 e. The molecule has 0 aliphatic carbocycles. The molecule has 50 valence electrons. The monoisotopic (exact) mass is 133 g/mol. The molecule has 0 aromatic heterocycles. The second-order valence-corrected chi connectivity index (χ2v) is 6.85. The summed E-state index contributed by atoms with van der Waals surface area (Å²) in [5, 5.41) is 0. The Bertz CT molecular complexity index is 49.4. The van der Waals surface area contributed by atoms with Crippen LogP contribution in [0.25, 0.3) is 0 Å². The van der Waals surface area contributed by atoms with E-state index < -0.39 is 0 Å². The Morgan fingerprint density at radius 2 is 1.12 bits per heavy atom. The highest BCUT2D eigenvalue weighted by Crippen LogP contribution is 2.41. The zero-order chi connectivity index (χ0) is 6.73. The largest absolute Gasteiger partial charge is 0.0619 e. The highest BCUT2D eigenvalue weighted by molar-refractivity contribution is 7.58. The van der Waals surface area contributed by atoms with Gasteiger partial charge in [0.2, 0.25) is 0 Å². The van der Waals surface area contributed by atoms with Gasteiger partial charge in [0.25, 0.3) is 0 Å². The molecule has 0 amide bonds. The van der Waals surface area contributed by atoms with Crippen molar-refractivity contribution in [3.8, 4) is 0 Å². The summed E-state index contributed by atoms with van der Waals surface area (Å²) in [6.07, 6.45) is 0. The molecule has 0 rings (SSSR count). The normalized spacial score (nSPS) is 12.0. The van der Waals surface area contributed by atoms with E-state index in [9.17, 15) is 0 Å². The smallest absolute Gasteiger partial charge is 0.0287 e. The van der Waals surface area contributed by atoms with Crippen molar-refractivity contribution in [2.45, 2.75) is 39.0 Å². The molecule has 1 heteroatoms. The third-order valence-corrected chi connectivity index (χ3v) is 5.46. The molecule has 0 aliphatic rings. The maximum atomic E-state index is 2.42. The van der Waals surface area contributed by atoms with Gasteiger partial charge in [0.05, 0.1) is 11.3 Å². The minimum Gasteiger partial charge on any atom is -0.0287 e. The first-order chi connectivity index (χ1) is 3.55. The highest BCUT2D eigenvalue weighted by Gasteiger charge is 2.17. The van der Waals surface area contributed by atoms with Crippen molar-refractivity contribution in [1.29, 1.82) is 0 Å². The summed E-state index contributed by atoms with van der Waals surface area (Å²) in [5.41, 5.74) is 1.89. The van der Waals surface area contributed by atoms with Crippen LogP contribution in [-0.2, 0) is 0 Å². The van der Waals surface area contributed by atoms with Crippen LogP contribution in [0.1, 0.15) is 27.7 Å². The van der Waals surface area contributed by atoms with Gasteiger partial charge in [0, 0.05) is 14.6 Å². The van der Waals surface area contributed by atoms with E-state index in [0.29, 0.717) is 0 Å². The topological polar surface area (TPSA) is 0 Å². The van der Waals surface area contributed by atoms with Crippen molar-refractivity contribution < 1.29 is 0 Å². The average Bonchev–Trinajstić information content (AvgIpc) is 1.64. The molecule has 0 unspecified atom stereocenters. The van der Waals surface area contributed by atoms with Crippen molar-refractivity contribution in [3.63, 3.8) is 0 Å². The van der Waals surface area contributed by atoms with Crippen LogP contribution in [0.15, 0.2) is 0 Å². The summed E-state index contributed by atoms with van der Waals surface area (Å²) in [6.45, 7) is 11.7. The van der Waals surface area contributed by atoms with Crippen LogP contribution in [0.2, 0.25) is 0 Å². The third kappa shape index (κ3) is 2.67. The molecule has 0 aliphatic heterocycles. The summed E-state index contributed by atoms with van der Waals surface area (Å²) in [4.78, 5) is 0. The highest BCUT2D eigenvalue weighted by atomic mass is 31.1. The lowest BCUT2D eigenvalue weighted by Crippen LogP contribution is -2.00. The van der Waals surface area contributed by atoms with E-state index in [1.807, 2.05) is 0 Å². The summed E-state index contributed by atoms with van der Waals surface area (Å²) in [7, 11) is -0.0237. The van der Waals surface area contributed by atoms with E-state index in [4.69, 9.17) is 0 Å². The van der Waals surface area contributed by atoms with Crippen LogP contribution in [0.4, 0.5) is 0 Å². The first-order valence-corrected chi connectivity index (χ1v) is 5.54. The Hall–Kier alpha value is 0.430. The predicted molar refractivity (Wildman–Crippen MR) is 44.5 cm³/mol. The van der Waals surface area contributed by atoms with Gasteiger partial charge in [0.1, 0.15) is 0 Å². The molecule has 0 saturated heterocycles. The Kier molecular flexibility index (Phi) is 3.64. The van der Waals surface area contributed by atoms with E-state index in [2.05, 4.69) is 34.4 Å². The van der Waals surface area contributed by atoms with Crippen LogP contribution < -0.4 is 0 Å². The Morgan fingerprint density at radius 1 is 0.875 bits per heavy atom. The summed E-state index contributed by atoms with van der Waals surface area (Å²) in [6, 6.07) is 0. The molecule has 0 aromatic carbocycles. The van der Waals surface area contributed by atoms with Crippen molar-refractivity contribution in [2.75, 3.05) is 6.66 Å². The first kappa shape index (κ1) is 8.43. The molecule has 0 heterocycles. The van der Waals surface area contributed by atoms with E-state index >= 15 is 0 Å². The predicted octanol–water partition coefficient (Wildman–Crippen LogP) is 2.65. The zero-order valence-electron chi connectivity index (χ0n) is 6.65. The number of hydrogen-bond acceptors (Lipinski definition) is 0. The van der Waals surface area contributed by atoms with Gasteiger partial charge in [-0.1, -0.05) is 0 Å². The quantitative estimate of drug-likeness (QED) is 0.508. The molecule has 0 N–H and O–H groups in total. The fourth-order valence-corrected chi connectivity index (χ4v) is 2.00. The van der Waals surface area contributed by atoms with Gasteiger partial charge in [0.15, 0.2) is 0 Å². The van der Waals surface area contributed by atoms with Crippen molar-refractivity contribution in [2.24, 2.45) is 0 Å². The second kappa shape index (κ2) is 3.45. The van der Waals surface area contributed by atoms with Crippen LogP contribution >= 0.6 is 7.92 Å². The van der Waals surface area contributed by atoms with Gasteiger partial charge < -0.3 is 0 Å². The molecule has 0 spiro atoms. The Labute approximate surface area is 54.4 Å².